The molecule has 0 aromatic carbocycles. The normalized spacial score (nSPS) is 11.8. The van der Waals surface area contributed by atoms with E-state index in [9.17, 15) is 13.2 Å². The fourth-order valence-electron chi connectivity index (χ4n) is 1.40. The zero-order valence-electron chi connectivity index (χ0n) is 9.54. The third kappa shape index (κ3) is 2.28. The van der Waals surface area contributed by atoms with Gasteiger partial charge in [-0.2, -0.15) is 13.2 Å². The molecule has 0 saturated heterocycles. The highest BCUT2D eigenvalue weighted by Crippen LogP contribution is 2.37. The molecule has 2 aromatic heterocycles. The van der Waals surface area contributed by atoms with Crippen LogP contribution < -0.4 is 5.73 Å². The van der Waals surface area contributed by atoms with Gasteiger partial charge in [0.2, 0.25) is 0 Å². The Balaban J connectivity index is 2.53. The van der Waals surface area contributed by atoms with Crippen LogP contribution in [-0.4, -0.2) is 15.0 Å². The average Bonchev–Trinajstić information content (AvgIpc) is 2.71. The quantitative estimate of drug-likeness (QED) is 0.868. The molecule has 0 spiro atoms. The third-order valence-corrected chi connectivity index (χ3v) is 3.33. The highest BCUT2D eigenvalue weighted by atomic mass is 32.1. The van der Waals surface area contributed by atoms with Gasteiger partial charge in [0.05, 0.1) is 10.6 Å². The fourth-order valence-corrected chi connectivity index (χ4v) is 2.23. The number of hydrogen-bond donors (Lipinski definition) is 1. The number of nitrogens with two attached hydrogens (primary N) is 1. The number of aromatic nitrogens is 3. The largest absolute Gasteiger partial charge is 0.443 e. The lowest BCUT2D eigenvalue weighted by Crippen LogP contribution is -2.03. The van der Waals surface area contributed by atoms with Gasteiger partial charge < -0.3 is 5.73 Å². The number of aryl methyl sites for hydroxylation is 1. The second-order valence-corrected chi connectivity index (χ2v) is 4.69. The molecule has 8 heteroatoms. The van der Waals surface area contributed by atoms with Crippen molar-refractivity contribution in [1.82, 2.24) is 15.0 Å². The van der Waals surface area contributed by atoms with E-state index in [2.05, 4.69) is 15.0 Å². The predicted molar refractivity (Wildman–Crippen MR) is 62.0 cm³/mol. The summed E-state index contributed by atoms with van der Waals surface area (Å²) in [7, 11) is 0. The van der Waals surface area contributed by atoms with Crippen molar-refractivity contribution in [2.75, 3.05) is 5.73 Å². The highest BCUT2D eigenvalue weighted by Gasteiger charge is 2.35. The average molecular weight is 274 g/mol. The van der Waals surface area contributed by atoms with Crippen molar-refractivity contribution in [3.63, 3.8) is 0 Å². The van der Waals surface area contributed by atoms with E-state index in [0.29, 0.717) is 33.3 Å². The van der Waals surface area contributed by atoms with Crippen molar-refractivity contribution in [1.29, 1.82) is 0 Å². The van der Waals surface area contributed by atoms with Crippen molar-refractivity contribution < 1.29 is 13.2 Å². The summed E-state index contributed by atoms with van der Waals surface area (Å²) < 4.78 is 37.4. The maximum atomic E-state index is 12.5. The van der Waals surface area contributed by atoms with Crippen LogP contribution >= 0.6 is 11.3 Å². The van der Waals surface area contributed by atoms with E-state index >= 15 is 0 Å². The minimum Gasteiger partial charge on any atom is -0.383 e. The molecule has 18 heavy (non-hydrogen) atoms. The van der Waals surface area contributed by atoms with Crippen LogP contribution in [0.2, 0.25) is 0 Å². The van der Waals surface area contributed by atoms with E-state index in [4.69, 9.17) is 5.73 Å². The second-order valence-electron chi connectivity index (χ2n) is 3.66. The van der Waals surface area contributed by atoms with Gasteiger partial charge in [-0.15, -0.1) is 11.3 Å². The summed E-state index contributed by atoms with van der Waals surface area (Å²) in [5.74, 6) is 0.675. The van der Waals surface area contributed by atoms with Crippen LogP contribution in [0, 0.1) is 13.8 Å². The van der Waals surface area contributed by atoms with Crippen LogP contribution in [-0.2, 0) is 6.18 Å². The molecular weight excluding hydrogens is 265 g/mol. The molecular formula is C10H9F3N4S. The number of alkyl halides is 3. The summed E-state index contributed by atoms with van der Waals surface area (Å²) in [6, 6.07) is 0. The van der Waals surface area contributed by atoms with Gasteiger partial charge in [-0.1, -0.05) is 0 Å². The van der Waals surface area contributed by atoms with Gasteiger partial charge in [0, 0.05) is 11.8 Å². The van der Waals surface area contributed by atoms with Gasteiger partial charge in [-0.25, -0.2) is 15.0 Å². The fraction of sp³-hybridized carbons (Fsp3) is 0.300. The molecule has 0 aliphatic carbocycles. The monoisotopic (exact) mass is 274 g/mol. The van der Waals surface area contributed by atoms with E-state index in [1.807, 2.05) is 0 Å². The molecule has 2 rings (SSSR count). The van der Waals surface area contributed by atoms with Crippen LogP contribution in [0.4, 0.5) is 19.0 Å². The standard InChI is InChI=1S/C10H9F3N4S/c1-4-7(16-5(2)17-8(4)14)6-3-15-9(18-6)10(11,12)13/h3H,1-2H3,(H2,14,16,17). The van der Waals surface area contributed by atoms with Gasteiger partial charge in [-0.05, 0) is 13.8 Å². The Morgan fingerprint density at radius 1 is 1.22 bits per heavy atom. The topological polar surface area (TPSA) is 64.7 Å². The highest BCUT2D eigenvalue weighted by molar-refractivity contribution is 7.15. The first-order chi connectivity index (χ1) is 8.29. The molecule has 96 valence electrons. The minimum absolute atomic E-state index is 0.263. The molecule has 0 radical (unpaired) electrons. The van der Waals surface area contributed by atoms with Crippen LogP contribution in [0.25, 0.3) is 10.6 Å². The van der Waals surface area contributed by atoms with E-state index in [1.165, 1.54) is 0 Å². The van der Waals surface area contributed by atoms with E-state index in [1.54, 1.807) is 13.8 Å². The van der Waals surface area contributed by atoms with Gasteiger partial charge >= 0.3 is 6.18 Å². The van der Waals surface area contributed by atoms with Crippen molar-refractivity contribution in [2.24, 2.45) is 0 Å². The predicted octanol–water partition coefficient (Wildman–Crippen LogP) is 2.82. The summed E-state index contributed by atoms with van der Waals surface area (Å²) >= 11 is 0.543. The molecule has 0 fully saturated rings. The number of rotatable bonds is 1. The van der Waals surface area contributed by atoms with E-state index < -0.39 is 11.2 Å². The van der Waals surface area contributed by atoms with Crippen LogP contribution in [0.3, 0.4) is 0 Å². The Morgan fingerprint density at radius 2 is 1.89 bits per heavy atom. The molecule has 0 unspecified atom stereocenters. The number of halogens is 3. The van der Waals surface area contributed by atoms with Gasteiger partial charge in [0.1, 0.15) is 11.6 Å². The lowest BCUT2D eigenvalue weighted by molar-refractivity contribution is -0.137. The van der Waals surface area contributed by atoms with Crippen molar-refractivity contribution in [3.05, 3.63) is 22.6 Å². The molecule has 0 bridgehead atoms. The number of thiazole rings is 1. The van der Waals surface area contributed by atoms with E-state index in [-0.39, 0.29) is 5.82 Å². The first-order valence-corrected chi connectivity index (χ1v) is 5.75. The smallest absolute Gasteiger partial charge is 0.383 e. The molecule has 2 N–H and O–H groups in total. The molecule has 0 saturated carbocycles. The SMILES string of the molecule is Cc1nc(N)c(C)c(-c2cnc(C(F)(F)F)s2)n1. The van der Waals surface area contributed by atoms with Gasteiger partial charge in [-0.3, -0.25) is 0 Å². The van der Waals surface area contributed by atoms with Crippen LogP contribution in [0.15, 0.2) is 6.20 Å². The second kappa shape index (κ2) is 4.20. The summed E-state index contributed by atoms with van der Waals surface area (Å²) in [5, 5.41) is -0.897. The van der Waals surface area contributed by atoms with Crippen molar-refractivity contribution in [2.45, 2.75) is 20.0 Å². The van der Waals surface area contributed by atoms with Gasteiger partial charge in [0.15, 0.2) is 5.01 Å². The summed E-state index contributed by atoms with van der Waals surface area (Å²) in [4.78, 5) is 11.7. The molecule has 0 amide bonds. The summed E-state index contributed by atoms with van der Waals surface area (Å²) in [5.41, 5.74) is 6.61. The molecule has 0 aliphatic heterocycles. The van der Waals surface area contributed by atoms with Crippen molar-refractivity contribution in [3.8, 4) is 10.6 Å². The van der Waals surface area contributed by atoms with Crippen molar-refractivity contribution >= 4 is 17.2 Å². The first-order valence-electron chi connectivity index (χ1n) is 4.93. The third-order valence-electron chi connectivity index (χ3n) is 2.28. The van der Waals surface area contributed by atoms with E-state index in [0.717, 1.165) is 6.20 Å². The summed E-state index contributed by atoms with van der Waals surface area (Å²) in [6.07, 6.45) is -3.29. The Kier molecular flexibility index (Phi) is 2.97. The molecule has 4 nitrogen and oxygen atoms in total. The zero-order chi connectivity index (χ0) is 13.5. The lowest BCUT2D eigenvalue weighted by Gasteiger charge is -2.05. The minimum atomic E-state index is -4.44. The first kappa shape index (κ1) is 12.7. The Bertz CT molecular complexity index is 591. The maximum absolute atomic E-state index is 12.5. The Morgan fingerprint density at radius 3 is 2.44 bits per heavy atom. The molecule has 0 aliphatic rings. The maximum Gasteiger partial charge on any atom is 0.443 e. The Labute approximate surface area is 105 Å². The molecule has 2 aromatic rings. The Hall–Kier alpha value is -1.70. The molecule has 0 atom stereocenters. The number of anilines is 1. The number of nitrogens with zero attached hydrogens (tertiary/aromatic N) is 3. The van der Waals surface area contributed by atoms with Crippen LogP contribution in [0.5, 0.6) is 0 Å². The number of nitrogen functional groups attached to an aromatic ring is 1. The lowest BCUT2D eigenvalue weighted by atomic mass is 10.2. The summed E-state index contributed by atoms with van der Waals surface area (Å²) in [6.45, 7) is 3.29. The molecule has 2 heterocycles. The number of hydrogen-bond acceptors (Lipinski definition) is 5. The van der Waals surface area contributed by atoms with Gasteiger partial charge in [0.25, 0.3) is 0 Å². The zero-order valence-corrected chi connectivity index (χ0v) is 10.4. The van der Waals surface area contributed by atoms with Crippen LogP contribution in [0.1, 0.15) is 16.4 Å².